The molecule has 1 fully saturated rings. The molecule has 0 heterocycles. The molecule has 3 unspecified atom stereocenters. The van der Waals surface area contributed by atoms with Gasteiger partial charge in [-0.1, -0.05) is 23.8 Å². The van der Waals surface area contributed by atoms with Crippen LogP contribution in [0.5, 0.6) is 0 Å². The second-order valence-corrected chi connectivity index (χ2v) is 6.17. The molecule has 0 aromatic heterocycles. The molecule has 2 rings (SSSR count). The number of carbonyl (C=O) groups excluding carboxylic acids is 1. The van der Waals surface area contributed by atoms with Gasteiger partial charge in [0.1, 0.15) is 0 Å². The molecule has 0 spiro atoms. The van der Waals surface area contributed by atoms with Gasteiger partial charge in [-0.15, -0.1) is 0 Å². The Bertz CT molecular complexity index is 553. The molecule has 1 aromatic rings. The van der Waals surface area contributed by atoms with E-state index in [1.165, 1.54) is 16.7 Å². The van der Waals surface area contributed by atoms with Crippen molar-refractivity contribution in [1.29, 1.82) is 0 Å². The number of aliphatic carboxylic acids is 1. The lowest BCUT2D eigenvalue weighted by Crippen LogP contribution is -2.47. The van der Waals surface area contributed by atoms with Crippen molar-refractivity contribution >= 4 is 11.9 Å². The maximum absolute atomic E-state index is 12.1. The van der Waals surface area contributed by atoms with Crippen LogP contribution in [0.2, 0.25) is 0 Å². The molecule has 1 aliphatic carbocycles. The first-order valence-electron chi connectivity index (χ1n) is 7.47. The van der Waals surface area contributed by atoms with E-state index < -0.39 is 11.9 Å². The largest absolute Gasteiger partial charge is 0.481 e. The molecule has 1 aromatic carbocycles. The van der Waals surface area contributed by atoms with E-state index in [2.05, 4.69) is 37.4 Å². The average Bonchev–Trinajstić information content (AvgIpc) is 2.30. The fourth-order valence-corrected chi connectivity index (χ4v) is 2.92. The van der Waals surface area contributed by atoms with Crippen molar-refractivity contribution in [1.82, 2.24) is 5.32 Å². The van der Waals surface area contributed by atoms with Crippen molar-refractivity contribution in [3.63, 3.8) is 0 Å². The number of rotatable bonds is 5. The van der Waals surface area contributed by atoms with Crippen LogP contribution in [0.25, 0.3) is 0 Å². The molecule has 0 bridgehead atoms. The summed E-state index contributed by atoms with van der Waals surface area (Å²) in [5.74, 6) is -1.84. The molecule has 1 saturated carbocycles. The summed E-state index contributed by atoms with van der Waals surface area (Å²) < 4.78 is 0. The van der Waals surface area contributed by atoms with E-state index in [9.17, 15) is 9.59 Å². The van der Waals surface area contributed by atoms with Gasteiger partial charge in [0.15, 0.2) is 0 Å². The van der Waals surface area contributed by atoms with Crippen LogP contribution in [0.4, 0.5) is 0 Å². The van der Waals surface area contributed by atoms with Crippen molar-refractivity contribution in [2.24, 2.45) is 11.8 Å². The Morgan fingerprint density at radius 3 is 2.48 bits per heavy atom. The molecule has 0 radical (unpaired) electrons. The normalized spacial score (nSPS) is 22.2. The van der Waals surface area contributed by atoms with Crippen molar-refractivity contribution in [2.75, 3.05) is 0 Å². The van der Waals surface area contributed by atoms with Crippen molar-refractivity contribution in [3.05, 3.63) is 34.9 Å². The Morgan fingerprint density at radius 2 is 1.95 bits per heavy atom. The Labute approximate surface area is 125 Å². The van der Waals surface area contributed by atoms with Crippen molar-refractivity contribution in [3.8, 4) is 0 Å². The third-order valence-electron chi connectivity index (χ3n) is 4.34. The minimum Gasteiger partial charge on any atom is -0.481 e. The van der Waals surface area contributed by atoms with Crippen LogP contribution in [0.15, 0.2) is 18.2 Å². The van der Waals surface area contributed by atoms with Gasteiger partial charge in [-0.2, -0.15) is 0 Å². The third-order valence-corrected chi connectivity index (χ3v) is 4.34. The Balaban J connectivity index is 1.91. The second kappa shape index (κ2) is 6.29. The van der Waals surface area contributed by atoms with E-state index in [1.54, 1.807) is 0 Å². The molecular formula is C17H23NO3. The summed E-state index contributed by atoms with van der Waals surface area (Å²) in [6.45, 7) is 6.10. The highest BCUT2D eigenvalue weighted by Gasteiger charge is 2.41. The maximum atomic E-state index is 12.1. The van der Waals surface area contributed by atoms with E-state index in [1.807, 2.05) is 6.92 Å². The first kappa shape index (κ1) is 15.5. The molecule has 1 amide bonds. The highest BCUT2D eigenvalue weighted by atomic mass is 16.4. The van der Waals surface area contributed by atoms with Gasteiger partial charge >= 0.3 is 5.97 Å². The standard InChI is InChI=1S/C17H23NO3/c1-10-4-5-13(11(2)8-10)9-12(3)18-16(19)14-6-7-15(14)17(20)21/h4-5,8,12,14-15H,6-7,9H2,1-3H3,(H,18,19)(H,20,21). The average molecular weight is 289 g/mol. The van der Waals surface area contributed by atoms with Gasteiger partial charge in [0.25, 0.3) is 0 Å². The molecule has 3 atom stereocenters. The lowest BCUT2D eigenvalue weighted by atomic mass is 9.73. The minimum absolute atomic E-state index is 0.00829. The van der Waals surface area contributed by atoms with Crippen LogP contribution in [0, 0.1) is 25.7 Å². The first-order valence-corrected chi connectivity index (χ1v) is 7.47. The number of nitrogens with one attached hydrogen (secondary N) is 1. The number of carbonyl (C=O) groups is 2. The maximum Gasteiger partial charge on any atom is 0.307 e. The van der Waals surface area contributed by atoms with E-state index in [0.717, 1.165) is 6.42 Å². The van der Waals surface area contributed by atoms with Crippen LogP contribution in [-0.2, 0) is 16.0 Å². The van der Waals surface area contributed by atoms with E-state index in [0.29, 0.717) is 12.8 Å². The molecule has 4 nitrogen and oxygen atoms in total. The predicted molar refractivity (Wildman–Crippen MR) is 81.1 cm³/mol. The topological polar surface area (TPSA) is 66.4 Å². The summed E-state index contributed by atoms with van der Waals surface area (Å²) in [4.78, 5) is 23.1. The van der Waals surface area contributed by atoms with E-state index >= 15 is 0 Å². The number of hydrogen-bond acceptors (Lipinski definition) is 2. The van der Waals surface area contributed by atoms with Crippen molar-refractivity contribution in [2.45, 2.75) is 46.1 Å². The van der Waals surface area contributed by atoms with Crippen LogP contribution in [-0.4, -0.2) is 23.0 Å². The minimum atomic E-state index is -0.858. The van der Waals surface area contributed by atoms with Crippen LogP contribution >= 0.6 is 0 Å². The molecule has 114 valence electrons. The SMILES string of the molecule is Cc1ccc(CC(C)NC(=O)C2CCC2C(=O)O)c(C)c1. The smallest absolute Gasteiger partial charge is 0.307 e. The molecule has 1 aliphatic rings. The second-order valence-electron chi connectivity index (χ2n) is 6.17. The fourth-order valence-electron chi connectivity index (χ4n) is 2.92. The summed E-state index contributed by atoms with van der Waals surface area (Å²) in [5.41, 5.74) is 3.67. The van der Waals surface area contributed by atoms with E-state index in [-0.39, 0.29) is 17.9 Å². The van der Waals surface area contributed by atoms with Gasteiger partial charge in [0.2, 0.25) is 5.91 Å². The fraction of sp³-hybridized carbons (Fsp3) is 0.529. The zero-order valence-electron chi connectivity index (χ0n) is 12.8. The number of amides is 1. The van der Waals surface area contributed by atoms with Gasteiger partial charge in [0.05, 0.1) is 11.8 Å². The van der Waals surface area contributed by atoms with Gasteiger partial charge in [0, 0.05) is 6.04 Å². The number of benzene rings is 1. The highest BCUT2D eigenvalue weighted by molar-refractivity contribution is 5.86. The lowest BCUT2D eigenvalue weighted by molar-refractivity contribution is -0.152. The third kappa shape index (κ3) is 3.63. The Morgan fingerprint density at radius 1 is 1.29 bits per heavy atom. The quantitative estimate of drug-likeness (QED) is 0.875. The van der Waals surface area contributed by atoms with Gasteiger partial charge in [-0.05, 0) is 51.2 Å². The van der Waals surface area contributed by atoms with Gasteiger partial charge < -0.3 is 10.4 Å². The molecule has 4 heteroatoms. The molecular weight excluding hydrogens is 266 g/mol. The highest BCUT2D eigenvalue weighted by Crippen LogP contribution is 2.34. The lowest BCUT2D eigenvalue weighted by Gasteiger charge is -2.33. The summed E-state index contributed by atoms with van der Waals surface area (Å²) >= 11 is 0. The number of carboxylic acid groups (broad SMARTS) is 1. The van der Waals surface area contributed by atoms with Crippen LogP contribution in [0.1, 0.15) is 36.5 Å². The number of hydrogen-bond donors (Lipinski definition) is 2. The summed E-state index contributed by atoms with van der Waals surface area (Å²) in [5, 5.41) is 12.0. The Hall–Kier alpha value is -1.84. The van der Waals surface area contributed by atoms with Gasteiger partial charge in [-0.25, -0.2) is 0 Å². The van der Waals surface area contributed by atoms with Crippen LogP contribution in [0.3, 0.4) is 0 Å². The molecule has 21 heavy (non-hydrogen) atoms. The zero-order chi connectivity index (χ0) is 15.6. The Kier molecular flexibility index (Phi) is 4.66. The van der Waals surface area contributed by atoms with Gasteiger partial charge in [-0.3, -0.25) is 9.59 Å². The van der Waals surface area contributed by atoms with Crippen LogP contribution < -0.4 is 5.32 Å². The van der Waals surface area contributed by atoms with Crippen molar-refractivity contribution < 1.29 is 14.7 Å². The number of carboxylic acids is 1. The monoisotopic (exact) mass is 289 g/mol. The zero-order valence-corrected chi connectivity index (χ0v) is 12.8. The summed E-state index contributed by atoms with van der Waals surface area (Å²) in [6, 6.07) is 6.31. The molecule has 0 aliphatic heterocycles. The summed E-state index contributed by atoms with van der Waals surface area (Å²) in [7, 11) is 0. The number of aryl methyl sites for hydroxylation is 2. The van der Waals surface area contributed by atoms with E-state index in [4.69, 9.17) is 5.11 Å². The molecule has 0 saturated heterocycles. The predicted octanol–water partition coefficient (Wildman–Crippen LogP) is 2.46. The molecule has 2 N–H and O–H groups in total. The first-order chi connectivity index (χ1) is 9.88. The summed E-state index contributed by atoms with van der Waals surface area (Å²) in [6.07, 6.45) is 2.06.